The summed E-state index contributed by atoms with van der Waals surface area (Å²) in [5.41, 5.74) is 4.68. The fourth-order valence-electron chi connectivity index (χ4n) is 3.41. The number of ketones is 1. The van der Waals surface area contributed by atoms with Gasteiger partial charge in [0.05, 0.1) is 11.5 Å². The van der Waals surface area contributed by atoms with E-state index in [1.807, 2.05) is 13.0 Å². The number of carbonyl (C=O) groups is 1. The minimum Gasteiger partial charge on any atom is -0.444 e. The lowest BCUT2D eigenvalue weighted by atomic mass is 9.74. The number of allylic oxidation sites excluding steroid dienone is 3. The molecule has 4 nitrogen and oxygen atoms in total. The van der Waals surface area contributed by atoms with Gasteiger partial charge in [0.25, 0.3) is 0 Å². The molecule has 1 aliphatic carbocycles. The second-order valence-corrected chi connectivity index (χ2v) is 6.28. The molecule has 0 aromatic heterocycles. The summed E-state index contributed by atoms with van der Waals surface area (Å²) in [5, 5.41) is 9.43. The van der Waals surface area contributed by atoms with Crippen molar-refractivity contribution in [1.82, 2.24) is 0 Å². The predicted molar refractivity (Wildman–Crippen MR) is 82.5 cm³/mol. The van der Waals surface area contributed by atoms with Crippen LogP contribution >= 0.6 is 0 Å². The van der Waals surface area contributed by atoms with Crippen LogP contribution in [0, 0.1) is 17.2 Å². The van der Waals surface area contributed by atoms with Gasteiger partial charge in [0, 0.05) is 18.4 Å². The molecule has 7 heteroatoms. The van der Waals surface area contributed by atoms with E-state index in [2.05, 4.69) is 0 Å². The van der Waals surface area contributed by atoms with Crippen molar-refractivity contribution in [3.8, 4) is 6.07 Å². The number of hydrogen-bond acceptors (Lipinski definition) is 4. The normalized spacial score (nSPS) is 23.9. The van der Waals surface area contributed by atoms with Crippen LogP contribution in [0.2, 0.25) is 0 Å². The maximum Gasteiger partial charge on any atom is 0.416 e. The Morgan fingerprint density at radius 1 is 1.28 bits per heavy atom. The molecular weight excluding hydrogens is 333 g/mol. The molecule has 2 N–H and O–H groups in total. The minimum atomic E-state index is -4.62. The van der Waals surface area contributed by atoms with Crippen molar-refractivity contribution in [3.05, 3.63) is 58.2 Å². The number of halogens is 3. The fraction of sp³-hybridized carbons (Fsp3) is 0.333. The van der Waals surface area contributed by atoms with Crippen molar-refractivity contribution in [2.75, 3.05) is 0 Å². The molecule has 0 bridgehead atoms. The summed E-state index contributed by atoms with van der Waals surface area (Å²) in [6, 6.07) is 6.75. The molecule has 2 atom stereocenters. The molecule has 0 amide bonds. The van der Waals surface area contributed by atoms with Crippen molar-refractivity contribution >= 4 is 5.78 Å². The third kappa shape index (κ3) is 2.88. The van der Waals surface area contributed by atoms with Gasteiger partial charge >= 0.3 is 6.18 Å². The van der Waals surface area contributed by atoms with E-state index in [1.165, 1.54) is 18.2 Å². The Balaban J connectivity index is 2.26. The first-order chi connectivity index (χ1) is 11.7. The Labute approximate surface area is 142 Å². The number of nitrogens with zero attached hydrogens (tertiary/aromatic N) is 1. The standard InChI is InChI=1S/C18H15F3N2O2/c1-9-6-13(24)16-14(7-9)25-17(23)11(8-22)15(16)10-4-2-3-5-12(10)18(19,20)21/h2-5,9,15H,6-7,23H2,1H3/t9-,15-/m1/s1. The van der Waals surface area contributed by atoms with E-state index in [-0.39, 0.29) is 46.5 Å². The lowest BCUT2D eigenvalue weighted by Crippen LogP contribution is -2.30. The van der Waals surface area contributed by atoms with Gasteiger partial charge in [-0.2, -0.15) is 18.4 Å². The van der Waals surface area contributed by atoms with Gasteiger partial charge in [0.2, 0.25) is 5.88 Å². The van der Waals surface area contributed by atoms with E-state index in [0.29, 0.717) is 6.42 Å². The quantitative estimate of drug-likeness (QED) is 0.838. The second kappa shape index (κ2) is 5.96. The van der Waals surface area contributed by atoms with E-state index in [4.69, 9.17) is 10.5 Å². The van der Waals surface area contributed by atoms with Crippen molar-refractivity contribution in [1.29, 1.82) is 5.26 Å². The summed E-state index contributed by atoms with van der Waals surface area (Å²) >= 11 is 0. The number of benzene rings is 1. The first-order valence-corrected chi connectivity index (χ1v) is 7.74. The average molecular weight is 348 g/mol. The molecule has 25 heavy (non-hydrogen) atoms. The van der Waals surface area contributed by atoms with Crippen LogP contribution in [0.15, 0.2) is 47.1 Å². The highest BCUT2D eigenvalue weighted by atomic mass is 19.4. The molecule has 0 unspecified atom stereocenters. The van der Waals surface area contributed by atoms with Crippen molar-refractivity contribution in [3.63, 3.8) is 0 Å². The van der Waals surface area contributed by atoms with Crippen LogP contribution in [0.5, 0.6) is 0 Å². The fourth-order valence-corrected chi connectivity index (χ4v) is 3.41. The summed E-state index contributed by atoms with van der Waals surface area (Å²) in [6.07, 6.45) is -4.02. The third-order valence-corrected chi connectivity index (χ3v) is 4.44. The molecule has 0 saturated carbocycles. The van der Waals surface area contributed by atoms with Gasteiger partial charge in [-0.05, 0) is 17.5 Å². The van der Waals surface area contributed by atoms with Crippen molar-refractivity contribution < 1.29 is 22.7 Å². The zero-order chi connectivity index (χ0) is 18.4. The molecule has 130 valence electrons. The van der Waals surface area contributed by atoms with Crippen LogP contribution in [0.25, 0.3) is 0 Å². The van der Waals surface area contributed by atoms with Gasteiger partial charge in [-0.1, -0.05) is 25.1 Å². The highest BCUT2D eigenvalue weighted by molar-refractivity contribution is 5.99. The van der Waals surface area contributed by atoms with E-state index in [9.17, 15) is 23.2 Å². The van der Waals surface area contributed by atoms with E-state index < -0.39 is 17.7 Å². The Morgan fingerprint density at radius 2 is 1.96 bits per heavy atom. The third-order valence-electron chi connectivity index (χ3n) is 4.44. The summed E-state index contributed by atoms with van der Waals surface area (Å²) in [6.45, 7) is 1.85. The molecular formula is C18H15F3N2O2. The lowest BCUT2D eigenvalue weighted by Gasteiger charge is -2.33. The van der Waals surface area contributed by atoms with Gasteiger partial charge in [-0.15, -0.1) is 0 Å². The second-order valence-electron chi connectivity index (χ2n) is 6.28. The molecule has 0 spiro atoms. The SMILES string of the molecule is C[C@@H]1CC(=O)C2=C(C1)OC(N)=C(C#N)[C@H]2c1ccccc1C(F)(F)F. The molecule has 2 aliphatic rings. The smallest absolute Gasteiger partial charge is 0.416 e. The van der Waals surface area contributed by atoms with Crippen LogP contribution in [0.4, 0.5) is 13.2 Å². The number of ether oxygens (including phenoxy) is 1. The molecule has 1 heterocycles. The van der Waals surface area contributed by atoms with Crippen LogP contribution in [-0.2, 0) is 15.7 Å². The number of carbonyl (C=O) groups excluding carboxylic acids is 1. The van der Waals surface area contributed by atoms with Crippen LogP contribution in [0.3, 0.4) is 0 Å². The van der Waals surface area contributed by atoms with Crippen LogP contribution < -0.4 is 5.73 Å². The number of hydrogen-bond donors (Lipinski definition) is 1. The average Bonchev–Trinajstić information content (AvgIpc) is 2.52. The Kier molecular flexibility index (Phi) is 4.07. The van der Waals surface area contributed by atoms with Gasteiger partial charge in [-0.25, -0.2) is 0 Å². The first kappa shape index (κ1) is 17.1. The Morgan fingerprint density at radius 3 is 2.60 bits per heavy atom. The van der Waals surface area contributed by atoms with Gasteiger partial charge < -0.3 is 10.5 Å². The van der Waals surface area contributed by atoms with E-state index >= 15 is 0 Å². The first-order valence-electron chi connectivity index (χ1n) is 7.74. The maximum absolute atomic E-state index is 13.5. The molecule has 1 aromatic carbocycles. The van der Waals surface area contributed by atoms with Crippen molar-refractivity contribution in [2.24, 2.45) is 11.7 Å². The zero-order valence-electron chi connectivity index (χ0n) is 13.4. The van der Waals surface area contributed by atoms with E-state index in [0.717, 1.165) is 6.07 Å². The number of rotatable bonds is 1. The van der Waals surface area contributed by atoms with E-state index in [1.54, 1.807) is 0 Å². The molecule has 1 aromatic rings. The molecule has 0 radical (unpaired) electrons. The van der Waals surface area contributed by atoms with Gasteiger partial charge in [0.15, 0.2) is 5.78 Å². The monoisotopic (exact) mass is 348 g/mol. The summed E-state index contributed by atoms with van der Waals surface area (Å²) in [4.78, 5) is 12.6. The summed E-state index contributed by atoms with van der Waals surface area (Å²) in [7, 11) is 0. The highest BCUT2D eigenvalue weighted by Gasteiger charge is 2.43. The molecule has 3 rings (SSSR count). The summed E-state index contributed by atoms with van der Waals surface area (Å²) < 4.78 is 45.8. The van der Waals surface area contributed by atoms with Crippen LogP contribution in [-0.4, -0.2) is 5.78 Å². The number of alkyl halides is 3. The number of Topliss-reactive ketones (excluding diaryl/α,β-unsaturated/α-hetero) is 1. The summed E-state index contributed by atoms with van der Waals surface area (Å²) in [5.74, 6) is -1.45. The Bertz CT molecular complexity index is 847. The van der Waals surface area contributed by atoms with Gasteiger partial charge in [0.1, 0.15) is 17.4 Å². The van der Waals surface area contributed by atoms with Crippen LogP contribution in [0.1, 0.15) is 36.8 Å². The maximum atomic E-state index is 13.5. The topological polar surface area (TPSA) is 76.1 Å². The minimum absolute atomic E-state index is 0.00111. The molecule has 0 saturated heterocycles. The van der Waals surface area contributed by atoms with Gasteiger partial charge in [-0.3, -0.25) is 4.79 Å². The van der Waals surface area contributed by atoms with Crippen molar-refractivity contribution in [2.45, 2.75) is 31.9 Å². The highest BCUT2D eigenvalue weighted by Crippen LogP contribution is 2.47. The number of nitriles is 1. The number of nitrogens with two attached hydrogens (primary N) is 1. The molecule has 1 aliphatic heterocycles. The molecule has 0 fully saturated rings. The zero-order valence-corrected chi connectivity index (χ0v) is 13.4. The lowest BCUT2D eigenvalue weighted by molar-refractivity contribution is -0.138. The predicted octanol–water partition coefficient (Wildman–Crippen LogP) is 3.77. The Hall–Kier alpha value is -2.75. The largest absolute Gasteiger partial charge is 0.444 e.